The maximum absolute atomic E-state index is 12.0. The molecule has 0 N–H and O–H groups in total. The fourth-order valence-corrected chi connectivity index (χ4v) is 1.98. The van der Waals surface area contributed by atoms with E-state index in [1.54, 1.807) is 13.8 Å². The van der Waals surface area contributed by atoms with Crippen LogP contribution in [-0.4, -0.2) is 31.7 Å². The van der Waals surface area contributed by atoms with Gasteiger partial charge in [0.25, 0.3) is 0 Å². The largest absolute Gasteiger partial charge is 0.462 e. The average molecular weight is 305 g/mol. The van der Waals surface area contributed by atoms with E-state index in [1.165, 1.54) is 6.20 Å². The molecular formula is C17H23NO4. The van der Waals surface area contributed by atoms with Crippen molar-refractivity contribution in [1.29, 1.82) is 0 Å². The van der Waals surface area contributed by atoms with Gasteiger partial charge >= 0.3 is 11.9 Å². The van der Waals surface area contributed by atoms with E-state index in [4.69, 9.17) is 9.47 Å². The lowest BCUT2D eigenvalue weighted by Gasteiger charge is -2.21. The molecule has 5 heteroatoms. The fourth-order valence-electron chi connectivity index (χ4n) is 1.98. The van der Waals surface area contributed by atoms with Crippen molar-refractivity contribution in [3.63, 3.8) is 0 Å². The normalized spacial score (nSPS) is 9.82. The summed E-state index contributed by atoms with van der Waals surface area (Å²) in [4.78, 5) is 25.9. The zero-order valence-electron chi connectivity index (χ0n) is 13.6. The molecule has 0 amide bonds. The molecule has 5 nitrogen and oxygen atoms in total. The van der Waals surface area contributed by atoms with Gasteiger partial charge in [-0.25, -0.2) is 9.59 Å². The van der Waals surface area contributed by atoms with E-state index in [1.807, 2.05) is 43.0 Å². The monoisotopic (exact) mass is 305 g/mol. The Morgan fingerprint density at radius 2 is 1.59 bits per heavy atom. The number of benzene rings is 1. The van der Waals surface area contributed by atoms with Gasteiger partial charge in [0.1, 0.15) is 0 Å². The smallest absolute Gasteiger partial charge is 0.347 e. The number of aryl methyl sites for hydroxylation is 1. The van der Waals surface area contributed by atoms with Crippen LogP contribution in [0.3, 0.4) is 0 Å². The molecule has 0 unspecified atom stereocenters. The Balaban J connectivity index is 3.19. The van der Waals surface area contributed by atoms with Crippen LogP contribution in [0.15, 0.2) is 36.0 Å². The summed E-state index contributed by atoms with van der Waals surface area (Å²) in [5.41, 5.74) is 1.87. The van der Waals surface area contributed by atoms with E-state index < -0.39 is 11.9 Å². The average Bonchev–Trinajstić information content (AvgIpc) is 2.50. The molecule has 0 fully saturated rings. The van der Waals surface area contributed by atoms with Gasteiger partial charge in [-0.2, -0.15) is 0 Å². The molecular weight excluding hydrogens is 282 g/mol. The van der Waals surface area contributed by atoms with E-state index in [9.17, 15) is 9.59 Å². The second kappa shape index (κ2) is 8.87. The first-order valence-electron chi connectivity index (χ1n) is 7.43. The van der Waals surface area contributed by atoms with Crippen molar-refractivity contribution in [2.45, 2.75) is 27.7 Å². The van der Waals surface area contributed by atoms with Gasteiger partial charge in [0.15, 0.2) is 5.57 Å². The highest BCUT2D eigenvalue weighted by molar-refractivity contribution is 6.14. The van der Waals surface area contributed by atoms with Gasteiger partial charge in [-0.05, 0) is 39.3 Å². The van der Waals surface area contributed by atoms with Gasteiger partial charge in [0.05, 0.1) is 13.2 Å². The summed E-state index contributed by atoms with van der Waals surface area (Å²) < 4.78 is 9.90. The number of anilines is 1. The summed E-state index contributed by atoms with van der Waals surface area (Å²) in [7, 11) is 0. The third-order valence-electron chi connectivity index (χ3n) is 3.04. The van der Waals surface area contributed by atoms with Gasteiger partial charge < -0.3 is 14.4 Å². The number of nitrogens with zero attached hydrogens (tertiary/aromatic N) is 1. The Hall–Kier alpha value is -2.30. The first-order chi connectivity index (χ1) is 10.5. The Morgan fingerprint density at radius 3 is 2.05 bits per heavy atom. The van der Waals surface area contributed by atoms with Crippen LogP contribution in [0.2, 0.25) is 0 Å². The molecule has 0 aliphatic carbocycles. The maximum Gasteiger partial charge on any atom is 0.347 e. The summed E-state index contributed by atoms with van der Waals surface area (Å²) in [5, 5.41) is 0. The molecule has 0 bridgehead atoms. The lowest BCUT2D eigenvalue weighted by atomic mass is 10.1. The molecule has 0 spiro atoms. The number of ether oxygens (including phenoxy) is 2. The number of rotatable bonds is 7. The van der Waals surface area contributed by atoms with Crippen molar-refractivity contribution in [2.24, 2.45) is 0 Å². The molecule has 0 aliphatic heterocycles. The van der Waals surface area contributed by atoms with Gasteiger partial charge in [-0.15, -0.1) is 0 Å². The summed E-state index contributed by atoms with van der Waals surface area (Å²) >= 11 is 0. The Morgan fingerprint density at radius 1 is 1.05 bits per heavy atom. The molecule has 1 aromatic carbocycles. The molecule has 0 saturated carbocycles. The third kappa shape index (κ3) is 4.62. The predicted octanol–water partition coefficient (Wildman–Crippen LogP) is 2.83. The number of carbonyl (C=O) groups is 2. The molecule has 1 aromatic rings. The third-order valence-corrected chi connectivity index (χ3v) is 3.04. The van der Waals surface area contributed by atoms with Crippen LogP contribution in [-0.2, 0) is 19.1 Å². The number of carbonyl (C=O) groups excluding carboxylic acids is 2. The van der Waals surface area contributed by atoms with Crippen LogP contribution in [0.1, 0.15) is 26.3 Å². The molecule has 0 saturated heterocycles. The minimum atomic E-state index is -0.673. The van der Waals surface area contributed by atoms with Gasteiger partial charge in [-0.1, -0.05) is 18.2 Å². The lowest BCUT2D eigenvalue weighted by Crippen LogP contribution is -2.24. The molecule has 1 rings (SSSR count). The van der Waals surface area contributed by atoms with Crippen LogP contribution in [0.5, 0.6) is 0 Å². The number of para-hydroxylation sites is 1. The van der Waals surface area contributed by atoms with Crippen molar-refractivity contribution >= 4 is 17.6 Å². The van der Waals surface area contributed by atoms with Crippen molar-refractivity contribution < 1.29 is 19.1 Å². The topological polar surface area (TPSA) is 55.8 Å². The van der Waals surface area contributed by atoms with Crippen molar-refractivity contribution in [3.8, 4) is 0 Å². The molecule has 0 aromatic heterocycles. The van der Waals surface area contributed by atoms with Crippen LogP contribution < -0.4 is 4.90 Å². The van der Waals surface area contributed by atoms with Gasteiger partial charge in [0.2, 0.25) is 0 Å². The molecule has 0 radical (unpaired) electrons. The minimum absolute atomic E-state index is 0.103. The first-order valence-corrected chi connectivity index (χ1v) is 7.43. The number of esters is 2. The highest BCUT2D eigenvalue weighted by Crippen LogP contribution is 2.20. The lowest BCUT2D eigenvalue weighted by molar-refractivity contribution is -0.146. The molecule has 0 aliphatic rings. The second-order valence-corrected chi connectivity index (χ2v) is 4.56. The Labute approximate surface area is 131 Å². The SMILES string of the molecule is CCOC(=O)C(=CN(CC)c1ccccc1C)C(=O)OCC. The Bertz CT molecular complexity index is 531. The minimum Gasteiger partial charge on any atom is -0.462 e. The standard InChI is InChI=1S/C17H23NO4/c1-5-18(15-11-9-8-10-13(15)4)12-14(16(19)21-6-2)17(20)22-7-3/h8-12H,5-7H2,1-4H3. The zero-order chi connectivity index (χ0) is 16.5. The number of hydrogen-bond donors (Lipinski definition) is 0. The summed E-state index contributed by atoms with van der Waals surface area (Å²) in [6.45, 7) is 8.31. The van der Waals surface area contributed by atoms with Crippen molar-refractivity contribution in [2.75, 3.05) is 24.7 Å². The predicted molar refractivity (Wildman–Crippen MR) is 85.5 cm³/mol. The van der Waals surface area contributed by atoms with Crippen LogP contribution in [0.25, 0.3) is 0 Å². The van der Waals surface area contributed by atoms with Crippen LogP contribution in [0, 0.1) is 6.92 Å². The number of hydrogen-bond acceptors (Lipinski definition) is 5. The molecule has 0 heterocycles. The molecule has 120 valence electrons. The van der Waals surface area contributed by atoms with E-state index in [0.29, 0.717) is 6.54 Å². The van der Waals surface area contributed by atoms with E-state index in [-0.39, 0.29) is 18.8 Å². The summed E-state index contributed by atoms with van der Waals surface area (Å²) in [6, 6.07) is 7.75. The highest BCUT2D eigenvalue weighted by Gasteiger charge is 2.22. The second-order valence-electron chi connectivity index (χ2n) is 4.56. The van der Waals surface area contributed by atoms with Gasteiger partial charge in [-0.3, -0.25) is 0 Å². The van der Waals surface area contributed by atoms with E-state index >= 15 is 0 Å². The van der Waals surface area contributed by atoms with Crippen molar-refractivity contribution in [3.05, 3.63) is 41.6 Å². The quantitative estimate of drug-likeness (QED) is 0.335. The first kappa shape index (κ1) is 17.8. The molecule has 0 atom stereocenters. The van der Waals surface area contributed by atoms with Gasteiger partial charge in [0, 0.05) is 18.4 Å². The van der Waals surface area contributed by atoms with Crippen molar-refractivity contribution in [1.82, 2.24) is 0 Å². The summed E-state index contributed by atoms with van der Waals surface area (Å²) in [5.74, 6) is -1.35. The van der Waals surface area contributed by atoms with Crippen LogP contribution in [0.4, 0.5) is 5.69 Å². The summed E-state index contributed by atoms with van der Waals surface area (Å²) in [6.07, 6.45) is 1.50. The van der Waals surface area contributed by atoms with E-state index in [0.717, 1.165) is 11.3 Å². The Kier molecular flexibility index (Phi) is 7.16. The van der Waals surface area contributed by atoms with E-state index in [2.05, 4.69) is 0 Å². The van der Waals surface area contributed by atoms with Crippen LogP contribution >= 0.6 is 0 Å². The highest BCUT2D eigenvalue weighted by atomic mass is 16.6. The zero-order valence-corrected chi connectivity index (χ0v) is 13.6. The maximum atomic E-state index is 12.0. The fraction of sp³-hybridized carbons (Fsp3) is 0.412. The molecule has 22 heavy (non-hydrogen) atoms.